The second kappa shape index (κ2) is 4.77. The van der Waals surface area contributed by atoms with Crippen LogP contribution < -0.4 is 5.14 Å². The molecule has 0 atom stereocenters. The molecule has 1 aromatic carbocycles. The van der Waals surface area contributed by atoms with Gasteiger partial charge >= 0.3 is 0 Å². The summed E-state index contributed by atoms with van der Waals surface area (Å²) in [7, 11) is -3.75. The molecule has 3 N–H and O–H groups in total. The van der Waals surface area contributed by atoms with Crippen LogP contribution >= 0.6 is 11.3 Å². The van der Waals surface area contributed by atoms with Crippen LogP contribution in [0.3, 0.4) is 0 Å². The highest BCUT2D eigenvalue weighted by molar-refractivity contribution is 7.91. The van der Waals surface area contributed by atoms with Gasteiger partial charge in [-0.3, -0.25) is 0 Å². The molecule has 5 nitrogen and oxygen atoms in total. The lowest BCUT2D eigenvalue weighted by Gasteiger charge is -1.87. The minimum Gasteiger partial charge on any atom is -0.508 e. The fourth-order valence-corrected chi connectivity index (χ4v) is 2.70. The molecule has 1 aromatic heterocycles. The number of phenolic OH excluding ortho intramolecular Hbond substituents is 1. The lowest BCUT2D eigenvalue weighted by atomic mass is 10.3. The molecule has 0 fully saturated rings. The molecule has 0 spiro atoms. The van der Waals surface area contributed by atoms with E-state index in [0.717, 1.165) is 11.3 Å². The number of benzene rings is 1. The lowest BCUT2D eigenvalue weighted by molar-refractivity contribution is 0.476. The Hall–Kier alpha value is -1.18. The van der Waals surface area contributed by atoms with Crippen LogP contribution in [0.15, 0.2) is 22.5 Å². The molecule has 88 valence electrons. The number of thiazole rings is 1. The van der Waals surface area contributed by atoms with Gasteiger partial charge in [0.2, 0.25) is 4.34 Å². The molecule has 1 heterocycles. The molecule has 0 saturated heterocycles. The lowest BCUT2D eigenvalue weighted by Crippen LogP contribution is -2.11. The Morgan fingerprint density at radius 2 is 2.00 bits per heavy atom. The molecule has 7 heteroatoms. The Kier molecular flexibility index (Phi) is 3.84. The number of phenols is 1. The van der Waals surface area contributed by atoms with Gasteiger partial charge in [0.15, 0.2) is 0 Å². The Labute approximate surface area is 97.6 Å². The van der Waals surface area contributed by atoms with Crippen LogP contribution in [0.5, 0.6) is 5.75 Å². The normalized spacial score (nSPS) is 10.9. The third-order valence-corrected chi connectivity index (χ3v) is 3.93. The quantitative estimate of drug-likeness (QED) is 0.815. The number of primary sulfonamides is 1. The number of hydrogen-bond donors (Lipinski definition) is 2. The van der Waals surface area contributed by atoms with Crippen molar-refractivity contribution in [3.63, 3.8) is 0 Å². The van der Waals surface area contributed by atoms with Crippen LogP contribution in [-0.4, -0.2) is 18.5 Å². The number of nitrogens with zero attached hydrogens (tertiary/aromatic N) is 1. The van der Waals surface area contributed by atoms with Gasteiger partial charge in [-0.25, -0.2) is 18.5 Å². The predicted octanol–water partition coefficient (Wildman–Crippen LogP) is 1.68. The van der Waals surface area contributed by atoms with Gasteiger partial charge < -0.3 is 5.11 Å². The van der Waals surface area contributed by atoms with Gasteiger partial charge in [-0.1, -0.05) is 13.8 Å². The number of hydrogen-bond acceptors (Lipinski definition) is 5. The first kappa shape index (κ1) is 12.9. The maximum atomic E-state index is 11.0. The molecular weight excluding hydrogens is 248 g/mol. The van der Waals surface area contributed by atoms with E-state index in [1.807, 2.05) is 13.8 Å². The van der Waals surface area contributed by atoms with Crippen molar-refractivity contribution < 1.29 is 13.5 Å². The highest BCUT2D eigenvalue weighted by Gasteiger charge is 2.14. The summed E-state index contributed by atoms with van der Waals surface area (Å²) in [6, 6.07) is 4.42. The summed E-state index contributed by atoms with van der Waals surface area (Å²) < 4.78 is 22.4. The first-order chi connectivity index (χ1) is 7.47. The average molecular weight is 260 g/mol. The van der Waals surface area contributed by atoms with E-state index in [1.54, 1.807) is 0 Å². The molecule has 0 saturated carbocycles. The predicted molar refractivity (Wildman–Crippen MR) is 64.0 cm³/mol. The SMILES string of the molecule is CC.NS(=O)(=O)c1nc2ccc(O)cc2s1. The Balaban J connectivity index is 0.000000606. The minimum atomic E-state index is -3.75. The van der Waals surface area contributed by atoms with Crippen molar-refractivity contribution in [1.82, 2.24) is 4.98 Å². The summed E-state index contributed by atoms with van der Waals surface area (Å²) in [5.74, 6) is 0.0714. The maximum absolute atomic E-state index is 11.0. The van der Waals surface area contributed by atoms with E-state index in [4.69, 9.17) is 10.2 Å². The van der Waals surface area contributed by atoms with Crippen molar-refractivity contribution in [1.29, 1.82) is 0 Å². The van der Waals surface area contributed by atoms with Crippen LogP contribution in [0.4, 0.5) is 0 Å². The molecule has 0 bridgehead atoms. The number of nitrogens with two attached hydrogens (primary N) is 1. The van der Waals surface area contributed by atoms with Gasteiger partial charge in [0.1, 0.15) is 5.75 Å². The number of aromatic hydroxyl groups is 1. The summed E-state index contributed by atoms with van der Waals surface area (Å²) in [4.78, 5) is 3.82. The number of aromatic nitrogens is 1. The molecule has 0 unspecified atom stereocenters. The molecule has 2 rings (SSSR count). The van der Waals surface area contributed by atoms with Crippen molar-refractivity contribution in [2.45, 2.75) is 18.2 Å². The Bertz CT molecular complexity index is 590. The fourth-order valence-electron chi connectivity index (χ4n) is 1.01. The van der Waals surface area contributed by atoms with Crippen LogP contribution in [-0.2, 0) is 10.0 Å². The Morgan fingerprint density at radius 3 is 2.56 bits per heavy atom. The second-order valence-electron chi connectivity index (χ2n) is 2.68. The molecule has 0 aliphatic carbocycles. The summed E-state index contributed by atoms with van der Waals surface area (Å²) in [6.07, 6.45) is 0. The number of sulfonamides is 1. The molecule has 0 aliphatic rings. The van der Waals surface area contributed by atoms with Crippen molar-refractivity contribution in [3.8, 4) is 5.75 Å². The molecule has 0 amide bonds. The molecule has 0 radical (unpaired) electrons. The average Bonchev–Trinajstić information content (AvgIpc) is 2.63. The highest BCUT2D eigenvalue weighted by atomic mass is 32.2. The molecule has 0 aliphatic heterocycles. The summed E-state index contributed by atoms with van der Waals surface area (Å²) in [6.45, 7) is 4.00. The zero-order chi connectivity index (χ0) is 12.3. The van der Waals surface area contributed by atoms with Crippen LogP contribution in [0.2, 0.25) is 0 Å². The van der Waals surface area contributed by atoms with E-state index in [9.17, 15) is 8.42 Å². The highest BCUT2D eigenvalue weighted by Crippen LogP contribution is 2.27. The van der Waals surface area contributed by atoms with E-state index in [1.165, 1.54) is 18.2 Å². The van der Waals surface area contributed by atoms with Gasteiger partial charge in [0, 0.05) is 0 Å². The monoisotopic (exact) mass is 260 g/mol. The fraction of sp³-hybridized carbons (Fsp3) is 0.222. The number of rotatable bonds is 1. The van der Waals surface area contributed by atoms with Gasteiger partial charge in [-0.15, -0.1) is 11.3 Å². The van der Waals surface area contributed by atoms with Crippen molar-refractivity contribution in [2.75, 3.05) is 0 Å². The van der Waals surface area contributed by atoms with Gasteiger partial charge in [-0.2, -0.15) is 0 Å². The minimum absolute atomic E-state index is 0.0714. The summed E-state index contributed by atoms with van der Waals surface area (Å²) >= 11 is 0.934. The van der Waals surface area contributed by atoms with Crippen LogP contribution in [0, 0.1) is 0 Å². The zero-order valence-corrected chi connectivity index (χ0v) is 10.5. The van der Waals surface area contributed by atoms with E-state index in [2.05, 4.69) is 4.98 Å². The van der Waals surface area contributed by atoms with Crippen molar-refractivity contribution in [2.24, 2.45) is 5.14 Å². The third kappa shape index (κ3) is 2.69. The maximum Gasteiger partial charge on any atom is 0.265 e. The zero-order valence-electron chi connectivity index (χ0n) is 8.84. The Morgan fingerprint density at radius 1 is 1.38 bits per heavy atom. The van der Waals surface area contributed by atoms with Crippen LogP contribution in [0.1, 0.15) is 13.8 Å². The van der Waals surface area contributed by atoms with Gasteiger partial charge in [0.25, 0.3) is 10.0 Å². The standard InChI is InChI=1S/C7H6N2O3S2.C2H6/c8-14(11,12)7-9-5-2-1-4(10)3-6(5)13-7;1-2/h1-3,10H,(H2,8,11,12);1-2H3. The molecule has 16 heavy (non-hydrogen) atoms. The van der Waals surface area contributed by atoms with E-state index < -0.39 is 10.0 Å². The molecular formula is C9H12N2O3S2. The van der Waals surface area contributed by atoms with Crippen molar-refractivity contribution >= 4 is 31.6 Å². The van der Waals surface area contributed by atoms with Crippen LogP contribution in [0.25, 0.3) is 10.2 Å². The van der Waals surface area contributed by atoms with E-state index in [0.29, 0.717) is 10.2 Å². The van der Waals surface area contributed by atoms with Gasteiger partial charge in [-0.05, 0) is 18.2 Å². The first-order valence-corrected chi connectivity index (χ1v) is 6.95. The van der Waals surface area contributed by atoms with E-state index >= 15 is 0 Å². The first-order valence-electron chi connectivity index (χ1n) is 4.59. The van der Waals surface area contributed by atoms with E-state index in [-0.39, 0.29) is 10.1 Å². The summed E-state index contributed by atoms with van der Waals surface area (Å²) in [5.41, 5.74) is 0.511. The smallest absolute Gasteiger partial charge is 0.265 e. The van der Waals surface area contributed by atoms with Crippen molar-refractivity contribution in [3.05, 3.63) is 18.2 Å². The number of fused-ring (bicyclic) bond motifs is 1. The molecule has 2 aromatic rings. The second-order valence-corrected chi connectivity index (χ2v) is 5.44. The third-order valence-electron chi connectivity index (χ3n) is 1.60. The summed E-state index contributed by atoms with van der Waals surface area (Å²) in [5, 5.41) is 14.1. The van der Waals surface area contributed by atoms with Gasteiger partial charge in [0.05, 0.1) is 10.2 Å². The largest absolute Gasteiger partial charge is 0.508 e. The topological polar surface area (TPSA) is 93.3 Å².